The molecule has 1 aromatic heterocycles. The number of aromatic nitrogens is 1. The molecule has 0 fully saturated rings. The number of carbonyl (C=O) groups is 1. The maximum atomic E-state index is 12.0. The third-order valence-electron chi connectivity index (χ3n) is 3.01. The Morgan fingerprint density at radius 1 is 1.36 bits per heavy atom. The van der Waals surface area contributed by atoms with Crippen LogP contribution >= 0.6 is 0 Å². The Hall–Kier alpha value is -2.87. The summed E-state index contributed by atoms with van der Waals surface area (Å²) in [5, 5.41) is 11.9. The van der Waals surface area contributed by atoms with Crippen LogP contribution in [-0.2, 0) is 0 Å². The normalized spacial score (nSPS) is 9.82. The number of carbonyl (C=O) groups excluding carboxylic acids is 1. The number of nitriles is 1. The number of amides is 1. The SMILES string of the molecule is CCCCOc1ccc(NC(=O)c2ccccn2)cc1C#N. The molecule has 0 aliphatic carbocycles. The van der Waals surface area contributed by atoms with E-state index in [1.165, 1.54) is 0 Å². The molecule has 0 saturated heterocycles. The van der Waals surface area contributed by atoms with Gasteiger partial charge in [0.25, 0.3) is 5.91 Å². The number of nitrogens with one attached hydrogen (secondary N) is 1. The van der Waals surface area contributed by atoms with E-state index in [9.17, 15) is 10.1 Å². The van der Waals surface area contributed by atoms with E-state index in [1.807, 2.05) is 0 Å². The van der Waals surface area contributed by atoms with Crippen molar-refractivity contribution in [3.8, 4) is 11.8 Å². The van der Waals surface area contributed by atoms with Crippen LogP contribution in [0.1, 0.15) is 35.8 Å². The topological polar surface area (TPSA) is 75.0 Å². The summed E-state index contributed by atoms with van der Waals surface area (Å²) in [7, 11) is 0. The van der Waals surface area contributed by atoms with Crippen molar-refractivity contribution < 1.29 is 9.53 Å². The van der Waals surface area contributed by atoms with E-state index in [2.05, 4.69) is 23.3 Å². The Kier molecular flexibility index (Phi) is 5.50. The maximum absolute atomic E-state index is 12.0. The zero-order valence-corrected chi connectivity index (χ0v) is 12.4. The quantitative estimate of drug-likeness (QED) is 0.829. The summed E-state index contributed by atoms with van der Waals surface area (Å²) in [6.07, 6.45) is 3.52. The van der Waals surface area contributed by atoms with Gasteiger partial charge in [-0.1, -0.05) is 19.4 Å². The van der Waals surface area contributed by atoms with Crippen LogP contribution in [0, 0.1) is 11.3 Å². The molecule has 22 heavy (non-hydrogen) atoms. The fraction of sp³-hybridized carbons (Fsp3) is 0.235. The van der Waals surface area contributed by atoms with Crippen LogP contribution in [0.15, 0.2) is 42.6 Å². The average Bonchev–Trinajstić information content (AvgIpc) is 2.57. The predicted octanol–water partition coefficient (Wildman–Crippen LogP) is 3.38. The lowest BCUT2D eigenvalue weighted by Gasteiger charge is -2.10. The summed E-state index contributed by atoms with van der Waals surface area (Å²) >= 11 is 0. The molecule has 2 rings (SSSR count). The molecule has 0 radical (unpaired) electrons. The van der Waals surface area contributed by atoms with Gasteiger partial charge in [-0.2, -0.15) is 5.26 Å². The van der Waals surface area contributed by atoms with Crippen LogP contribution in [-0.4, -0.2) is 17.5 Å². The summed E-state index contributed by atoms with van der Waals surface area (Å²) in [6, 6.07) is 12.2. The highest BCUT2D eigenvalue weighted by molar-refractivity contribution is 6.02. The number of ether oxygens (including phenoxy) is 1. The van der Waals surface area contributed by atoms with Gasteiger partial charge in [-0.3, -0.25) is 9.78 Å². The van der Waals surface area contributed by atoms with Crippen molar-refractivity contribution in [3.63, 3.8) is 0 Å². The zero-order valence-electron chi connectivity index (χ0n) is 12.4. The number of pyridine rings is 1. The van der Waals surface area contributed by atoms with E-state index in [1.54, 1.807) is 42.6 Å². The van der Waals surface area contributed by atoms with Gasteiger partial charge in [0.05, 0.1) is 12.2 Å². The van der Waals surface area contributed by atoms with Crippen LogP contribution < -0.4 is 10.1 Å². The molecule has 0 aliphatic rings. The van der Waals surface area contributed by atoms with E-state index in [0.717, 1.165) is 12.8 Å². The lowest BCUT2D eigenvalue weighted by molar-refractivity contribution is 0.102. The lowest BCUT2D eigenvalue weighted by atomic mass is 10.2. The van der Waals surface area contributed by atoms with Gasteiger partial charge in [0, 0.05) is 11.9 Å². The molecule has 0 aliphatic heterocycles. The second-order valence-corrected chi connectivity index (χ2v) is 4.69. The molecule has 1 amide bonds. The van der Waals surface area contributed by atoms with Gasteiger partial charge < -0.3 is 10.1 Å². The Balaban J connectivity index is 2.09. The lowest BCUT2D eigenvalue weighted by Crippen LogP contribution is -2.13. The van der Waals surface area contributed by atoms with E-state index < -0.39 is 0 Å². The maximum Gasteiger partial charge on any atom is 0.274 e. The minimum atomic E-state index is -0.316. The van der Waals surface area contributed by atoms with Crippen molar-refractivity contribution in [2.45, 2.75) is 19.8 Å². The van der Waals surface area contributed by atoms with Crippen molar-refractivity contribution in [3.05, 3.63) is 53.9 Å². The number of rotatable bonds is 6. The fourth-order valence-corrected chi connectivity index (χ4v) is 1.84. The highest BCUT2D eigenvalue weighted by Crippen LogP contribution is 2.22. The molecular formula is C17H17N3O2. The van der Waals surface area contributed by atoms with Crippen molar-refractivity contribution >= 4 is 11.6 Å². The molecule has 112 valence electrons. The Morgan fingerprint density at radius 2 is 2.23 bits per heavy atom. The Labute approximate surface area is 129 Å². The van der Waals surface area contributed by atoms with Crippen molar-refractivity contribution in [1.82, 2.24) is 4.98 Å². The summed E-state index contributed by atoms with van der Waals surface area (Å²) in [5.74, 6) is 0.218. The molecule has 2 aromatic rings. The van der Waals surface area contributed by atoms with Gasteiger partial charge in [-0.15, -0.1) is 0 Å². The molecule has 1 N–H and O–H groups in total. The Bertz CT molecular complexity index is 678. The molecule has 5 nitrogen and oxygen atoms in total. The fourth-order valence-electron chi connectivity index (χ4n) is 1.84. The average molecular weight is 295 g/mol. The van der Waals surface area contributed by atoms with Gasteiger partial charge in [-0.25, -0.2) is 0 Å². The second-order valence-electron chi connectivity index (χ2n) is 4.69. The minimum absolute atomic E-state index is 0.316. The predicted molar refractivity (Wildman–Crippen MR) is 83.8 cm³/mol. The molecule has 0 atom stereocenters. The molecule has 0 saturated carbocycles. The minimum Gasteiger partial charge on any atom is -0.492 e. The Morgan fingerprint density at radius 3 is 2.91 bits per heavy atom. The molecule has 0 spiro atoms. The van der Waals surface area contributed by atoms with E-state index in [0.29, 0.717) is 29.3 Å². The second kappa shape index (κ2) is 7.79. The first-order chi connectivity index (χ1) is 10.7. The van der Waals surface area contributed by atoms with Crippen LogP contribution in [0.3, 0.4) is 0 Å². The number of hydrogen-bond acceptors (Lipinski definition) is 4. The van der Waals surface area contributed by atoms with Gasteiger partial charge in [-0.05, 0) is 36.8 Å². The van der Waals surface area contributed by atoms with E-state index in [4.69, 9.17) is 4.74 Å². The van der Waals surface area contributed by atoms with Crippen LogP contribution in [0.25, 0.3) is 0 Å². The van der Waals surface area contributed by atoms with Crippen molar-refractivity contribution in [2.24, 2.45) is 0 Å². The number of anilines is 1. The van der Waals surface area contributed by atoms with Gasteiger partial charge in [0.1, 0.15) is 17.5 Å². The molecule has 1 aromatic carbocycles. The highest BCUT2D eigenvalue weighted by atomic mass is 16.5. The van der Waals surface area contributed by atoms with Crippen LogP contribution in [0.5, 0.6) is 5.75 Å². The van der Waals surface area contributed by atoms with Crippen molar-refractivity contribution in [2.75, 3.05) is 11.9 Å². The highest BCUT2D eigenvalue weighted by Gasteiger charge is 2.09. The van der Waals surface area contributed by atoms with Gasteiger partial charge >= 0.3 is 0 Å². The number of unbranched alkanes of at least 4 members (excludes halogenated alkanes) is 1. The van der Waals surface area contributed by atoms with Crippen LogP contribution in [0.2, 0.25) is 0 Å². The van der Waals surface area contributed by atoms with Crippen molar-refractivity contribution in [1.29, 1.82) is 5.26 Å². The summed E-state index contributed by atoms with van der Waals surface area (Å²) in [4.78, 5) is 16.0. The molecule has 0 unspecified atom stereocenters. The first-order valence-electron chi connectivity index (χ1n) is 7.14. The summed E-state index contributed by atoms with van der Waals surface area (Å²) < 4.78 is 5.57. The van der Waals surface area contributed by atoms with Crippen LogP contribution in [0.4, 0.5) is 5.69 Å². The summed E-state index contributed by atoms with van der Waals surface area (Å²) in [6.45, 7) is 2.65. The van der Waals surface area contributed by atoms with E-state index >= 15 is 0 Å². The number of benzene rings is 1. The van der Waals surface area contributed by atoms with E-state index in [-0.39, 0.29) is 5.91 Å². The third kappa shape index (κ3) is 4.06. The smallest absolute Gasteiger partial charge is 0.274 e. The van der Waals surface area contributed by atoms with Gasteiger partial charge in [0.2, 0.25) is 0 Å². The zero-order chi connectivity index (χ0) is 15.8. The largest absolute Gasteiger partial charge is 0.492 e. The first-order valence-corrected chi connectivity index (χ1v) is 7.14. The third-order valence-corrected chi connectivity index (χ3v) is 3.01. The molecule has 5 heteroatoms. The molecule has 0 bridgehead atoms. The standard InChI is InChI=1S/C17H17N3O2/c1-2-3-10-22-16-8-7-14(11-13(16)12-18)20-17(21)15-6-4-5-9-19-15/h4-9,11H,2-3,10H2,1H3,(H,20,21). The molecule has 1 heterocycles. The monoisotopic (exact) mass is 295 g/mol. The first kappa shape index (κ1) is 15.5. The molecular weight excluding hydrogens is 278 g/mol. The van der Waals surface area contributed by atoms with Gasteiger partial charge in [0.15, 0.2) is 0 Å². The number of nitrogens with zero attached hydrogens (tertiary/aromatic N) is 2. The number of hydrogen-bond donors (Lipinski definition) is 1. The summed E-state index contributed by atoms with van der Waals surface area (Å²) in [5.41, 5.74) is 1.26.